The Kier molecular flexibility index (Phi) is 6.37. The van der Waals surface area contributed by atoms with Crippen molar-refractivity contribution >= 4 is 5.95 Å². The van der Waals surface area contributed by atoms with Crippen molar-refractivity contribution in [2.24, 2.45) is 17.8 Å². The fourth-order valence-corrected chi connectivity index (χ4v) is 4.88. The average Bonchev–Trinajstić information content (AvgIpc) is 3.54. The number of anilines is 1. The van der Waals surface area contributed by atoms with Gasteiger partial charge in [0.05, 0.1) is 6.61 Å². The summed E-state index contributed by atoms with van der Waals surface area (Å²) in [5, 5.41) is 0. The molecule has 0 radical (unpaired) electrons. The van der Waals surface area contributed by atoms with Gasteiger partial charge in [0.2, 0.25) is 5.95 Å². The van der Waals surface area contributed by atoms with Crippen LogP contribution in [0.25, 0.3) is 0 Å². The van der Waals surface area contributed by atoms with Crippen molar-refractivity contribution in [2.45, 2.75) is 59.3 Å². The fourth-order valence-electron chi connectivity index (χ4n) is 4.88. The van der Waals surface area contributed by atoms with Crippen molar-refractivity contribution in [3.63, 3.8) is 0 Å². The Balaban J connectivity index is 1.18. The molecule has 1 unspecified atom stereocenters. The van der Waals surface area contributed by atoms with Gasteiger partial charge >= 0.3 is 0 Å². The Labute approximate surface area is 175 Å². The predicted octanol–water partition coefficient (Wildman–Crippen LogP) is 5.23. The number of aromatic nitrogens is 2. The second kappa shape index (κ2) is 9.15. The number of hydrogen-bond donors (Lipinski definition) is 0. The highest BCUT2D eigenvalue weighted by Crippen LogP contribution is 2.49. The van der Waals surface area contributed by atoms with E-state index >= 15 is 0 Å². The molecule has 4 heteroatoms. The Morgan fingerprint density at radius 2 is 1.83 bits per heavy atom. The summed E-state index contributed by atoms with van der Waals surface area (Å²) in [6.07, 6.45) is 11.2. The van der Waals surface area contributed by atoms with E-state index in [0.29, 0.717) is 0 Å². The Morgan fingerprint density at radius 3 is 2.48 bits per heavy atom. The van der Waals surface area contributed by atoms with Crippen LogP contribution in [0.3, 0.4) is 0 Å². The van der Waals surface area contributed by atoms with Gasteiger partial charge in [0.25, 0.3) is 0 Å². The quantitative estimate of drug-likeness (QED) is 0.615. The van der Waals surface area contributed by atoms with Crippen LogP contribution >= 0.6 is 0 Å². The average molecular weight is 394 g/mol. The van der Waals surface area contributed by atoms with Gasteiger partial charge in [-0.15, -0.1) is 0 Å². The van der Waals surface area contributed by atoms with Crippen LogP contribution in [0.1, 0.15) is 56.2 Å². The maximum atomic E-state index is 6.04. The molecule has 0 spiro atoms. The van der Waals surface area contributed by atoms with Crippen LogP contribution in [-0.4, -0.2) is 29.7 Å². The molecular weight excluding hydrogens is 358 g/mol. The molecule has 29 heavy (non-hydrogen) atoms. The van der Waals surface area contributed by atoms with E-state index in [9.17, 15) is 0 Å². The first-order chi connectivity index (χ1) is 14.2. The molecule has 4 nitrogen and oxygen atoms in total. The second-order valence-electron chi connectivity index (χ2n) is 8.81. The first kappa shape index (κ1) is 20.2. The van der Waals surface area contributed by atoms with Crippen LogP contribution in [0.2, 0.25) is 0 Å². The van der Waals surface area contributed by atoms with Crippen molar-refractivity contribution in [1.29, 1.82) is 0 Å². The molecular formula is C25H35N3O. The molecule has 1 aliphatic carbocycles. The topological polar surface area (TPSA) is 38.2 Å². The zero-order valence-electron chi connectivity index (χ0n) is 18.2. The highest BCUT2D eigenvalue weighted by atomic mass is 16.5. The maximum Gasteiger partial charge on any atom is 0.225 e. The fraction of sp³-hybridized carbons (Fsp3) is 0.600. The minimum atomic E-state index is 0.850. The maximum absolute atomic E-state index is 6.04. The minimum absolute atomic E-state index is 0.850. The van der Waals surface area contributed by atoms with Gasteiger partial charge in [0, 0.05) is 25.5 Å². The van der Waals surface area contributed by atoms with Gasteiger partial charge in [-0.2, -0.15) is 0 Å². The summed E-state index contributed by atoms with van der Waals surface area (Å²) >= 11 is 0. The SMILES string of the molecule is CCc1cnc(N2CCC(C3C[C@H]3CCOc3ccc(CC)c(C)c3)CC2)nc1. The van der Waals surface area contributed by atoms with E-state index < -0.39 is 0 Å². The van der Waals surface area contributed by atoms with E-state index in [0.717, 1.165) is 62.0 Å². The third-order valence-corrected chi connectivity index (χ3v) is 6.96. The number of nitrogens with zero attached hydrogens (tertiary/aromatic N) is 3. The lowest BCUT2D eigenvalue weighted by atomic mass is 9.90. The van der Waals surface area contributed by atoms with Gasteiger partial charge in [0.15, 0.2) is 0 Å². The molecule has 0 amide bonds. The molecule has 4 rings (SSSR count). The summed E-state index contributed by atoms with van der Waals surface area (Å²) in [7, 11) is 0. The lowest BCUT2D eigenvalue weighted by molar-refractivity contribution is 0.284. The smallest absolute Gasteiger partial charge is 0.225 e. The van der Waals surface area contributed by atoms with Gasteiger partial charge in [0.1, 0.15) is 5.75 Å². The number of ether oxygens (including phenoxy) is 1. The standard InChI is InChI=1S/C25H35N3O/c1-4-19-16-26-25(27-17-19)28-11-8-21(9-12-28)24-15-22(24)10-13-29-23-7-6-20(5-2)18(3)14-23/h6-7,14,16-17,21-22,24H,4-5,8-13,15H2,1-3H3/t22-,24?/m1/s1. The molecule has 2 heterocycles. The predicted molar refractivity (Wildman–Crippen MR) is 119 cm³/mol. The van der Waals surface area contributed by atoms with Crippen LogP contribution < -0.4 is 9.64 Å². The van der Waals surface area contributed by atoms with Gasteiger partial charge < -0.3 is 9.64 Å². The van der Waals surface area contributed by atoms with Crippen LogP contribution in [0, 0.1) is 24.7 Å². The molecule has 0 bridgehead atoms. The van der Waals surface area contributed by atoms with E-state index in [1.807, 2.05) is 12.4 Å². The Hall–Kier alpha value is -2.10. The summed E-state index contributed by atoms with van der Waals surface area (Å²) in [6, 6.07) is 6.52. The lowest BCUT2D eigenvalue weighted by Gasteiger charge is -2.32. The molecule has 2 atom stereocenters. The van der Waals surface area contributed by atoms with Gasteiger partial charge in [-0.25, -0.2) is 9.97 Å². The molecule has 2 aromatic rings. The van der Waals surface area contributed by atoms with E-state index in [-0.39, 0.29) is 0 Å². The molecule has 1 saturated carbocycles. The monoisotopic (exact) mass is 393 g/mol. The highest BCUT2D eigenvalue weighted by molar-refractivity contribution is 5.34. The normalized spacial score (nSPS) is 22.0. The van der Waals surface area contributed by atoms with Crippen LogP contribution in [0.15, 0.2) is 30.6 Å². The van der Waals surface area contributed by atoms with Crippen molar-refractivity contribution in [2.75, 3.05) is 24.6 Å². The second-order valence-corrected chi connectivity index (χ2v) is 8.81. The van der Waals surface area contributed by atoms with Crippen molar-refractivity contribution in [3.8, 4) is 5.75 Å². The number of piperidine rings is 1. The Morgan fingerprint density at radius 1 is 1.07 bits per heavy atom. The van der Waals surface area contributed by atoms with E-state index in [4.69, 9.17) is 4.74 Å². The molecule has 156 valence electrons. The van der Waals surface area contributed by atoms with Crippen LogP contribution in [0.5, 0.6) is 5.75 Å². The first-order valence-electron chi connectivity index (χ1n) is 11.5. The summed E-state index contributed by atoms with van der Waals surface area (Å²) in [5.41, 5.74) is 3.97. The number of benzene rings is 1. The number of hydrogen-bond acceptors (Lipinski definition) is 4. The van der Waals surface area contributed by atoms with E-state index in [1.54, 1.807) is 0 Å². The van der Waals surface area contributed by atoms with Gasteiger partial charge in [-0.1, -0.05) is 19.9 Å². The molecule has 2 aliphatic rings. The zero-order valence-corrected chi connectivity index (χ0v) is 18.2. The number of rotatable bonds is 8. The van der Waals surface area contributed by atoms with E-state index in [1.165, 1.54) is 42.4 Å². The largest absolute Gasteiger partial charge is 0.494 e. The first-order valence-corrected chi connectivity index (χ1v) is 11.5. The third-order valence-electron chi connectivity index (χ3n) is 6.96. The molecule has 2 fully saturated rings. The van der Waals surface area contributed by atoms with Crippen molar-refractivity contribution in [1.82, 2.24) is 9.97 Å². The molecule has 1 aromatic carbocycles. The lowest BCUT2D eigenvalue weighted by Crippen LogP contribution is -2.35. The highest BCUT2D eigenvalue weighted by Gasteiger charge is 2.43. The third kappa shape index (κ3) is 4.91. The summed E-state index contributed by atoms with van der Waals surface area (Å²) in [6.45, 7) is 9.57. The summed E-state index contributed by atoms with van der Waals surface area (Å²) in [4.78, 5) is 11.5. The zero-order chi connectivity index (χ0) is 20.2. The minimum Gasteiger partial charge on any atom is -0.494 e. The van der Waals surface area contributed by atoms with Gasteiger partial charge in [-0.3, -0.25) is 0 Å². The molecule has 1 aromatic heterocycles. The molecule has 1 aliphatic heterocycles. The Bertz CT molecular complexity index is 796. The van der Waals surface area contributed by atoms with Crippen LogP contribution in [0.4, 0.5) is 5.95 Å². The summed E-state index contributed by atoms with van der Waals surface area (Å²) in [5.74, 6) is 4.58. The molecule has 1 saturated heterocycles. The van der Waals surface area contributed by atoms with Crippen LogP contribution in [-0.2, 0) is 12.8 Å². The molecule has 0 N–H and O–H groups in total. The van der Waals surface area contributed by atoms with E-state index in [2.05, 4.69) is 53.8 Å². The van der Waals surface area contributed by atoms with Crippen molar-refractivity contribution < 1.29 is 4.74 Å². The van der Waals surface area contributed by atoms with Crippen molar-refractivity contribution in [3.05, 3.63) is 47.3 Å². The van der Waals surface area contributed by atoms with Gasteiger partial charge in [-0.05, 0) is 92.0 Å². The number of aryl methyl sites for hydroxylation is 3. The summed E-state index contributed by atoms with van der Waals surface area (Å²) < 4.78 is 6.04.